The summed E-state index contributed by atoms with van der Waals surface area (Å²) in [6.45, 7) is 0. The van der Waals surface area contributed by atoms with Gasteiger partial charge < -0.3 is 11.1 Å². The number of nitrogens with one attached hydrogen (secondary N) is 1. The van der Waals surface area contributed by atoms with Gasteiger partial charge in [0, 0.05) is 13.7 Å². The molecule has 0 bridgehead atoms. The minimum atomic E-state index is -0.558. The normalized spacial score (nSPS) is 10.3. The van der Waals surface area contributed by atoms with Gasteiger partial charge in [-0.05, 0) is 68.9 Å². The fourth-order valence-electron chi connectivity index (χ4n) is 1.50. The lowest BCUT2D eigenvalue weighted by molar-refractivity contribution is 0.102. The van der Waals surface area contributed by atoms with Crippen molar-refractivity contribution in [3.05, 3.63) is 55.8 Å². The molecule has 0 atom stereocenters. The maximum Gasteiger partial charge on any atom is 0.256 e. The molecule has 3 nitrogen and oxygen atoms in total. The van der Waals surface area contributed by atoms with Gasteiger partial charge in [0.1, 0.15) is 5.82 Å². The third kappa shape index (κ3) is 3.44. The van der Waals surface area contributed by atoms with Crippen LogP contribution in [0.1, 0.15) is 10.4 Å². The van der Waals surface area contributed by atoms with E-state index in [1.807, 2.05) is 18.2 Å². The van der Waals surface area contributed by atoms with Crippen LogP contribution in [0.25, 0.3) is 0 Å². The second-order valence-corrected chi connectivity index (χ2v) is 5.92. The first-order valence-corrected chi connectivity index (χ1v) is 7.16. The lowest BCUT2D eigenvalue weighted by Crippen LogP contribution is -2.13. The van der Waals surface area contributed by atoms with Crippen molar-refractivity contribution in [2.75, 3.05) is 11.1 Å². The predicted molar refractivity (Wildman–Crippen MR) is 85.6 cm³/mol. The number of amides is 1. The van der Waals surface area contributed by atoms with Crippen LogP contribution >= 0.6 is 38.5 Å². The quantitative estimate of drug-likeness (QED) is 0.553. The number of carbonyl (C=O) groups excluding carboxylic acids is 1. The van der Waals surface area contributed by atoms with Crippen molar-refractivity contribution >= 4 is 55.8 Å². The molecule has 2 aromatic rings. The Labute approximate surface area is 131 Å². The second kappa shape index (κ2) is 5.87. The van der Waals surface area contributed by atoms with Crippen LogP contribution in [-0.2, 0) is 0 Å². The van der Waals surface area contributed by atoms with Crippen molar-refractivity contribution in [1.82, 2.24) is 0 Å². The molecule has 19 heavy (non-hydrogen) atoms. The summed E-state index contributed by atoms with van der Waals surface area (Å²) in [5.41, 5.74) is 6.37. The van der Waals surface area contributed by atoms with Crippen LogP contribution in [-0.4, -0.2) is 5.91 Å². The molecule has 0 aliphatic carbocycles. The average molecular weight is 435 g/mol. The molecule has 2 rings (SSSR count). The first-order chi connectivity index (χ1) is 8.97. The Morgan fingerprint density at radius 1 is 1.32 bits per heavy atom. The summed E-state index contributed by atoms with van der Waals surface area (Å²) in [6, 6.07) is 9.86. The van der Waals surface area contributed by atoms with Crippen molar-refractivity contribution in [1.29, 1.82) is 0 Å². The van der Waals surface area contributed by atoms with Gasteiger partial charge in [-0.15, -0.1) is 0 Å². The highest BCUT2D eigenvalue weighted by molar-refractivity contribution is 14.1. The lowest BCUT2D eigenvalue weighted by atomic mass is 10.1. The largest absolute Gasteiger partial charge is 0.396 e. The summed E-state index contributed by atoms with van der Waals surface area (Å²) < 4.78 is 14.6. The highest BCUT2D eigenvalue weighted by Gasteiger charge is 2.13. The Morgan fingerprint density at radius 3 is 2.74 bits per heavy atom. The van der Waals surface area contributed by atoms with Gasteiger partial charge in [-0.25, -0.2) is 4.39 Å². The van der Waals surface area contributed by atoms with E-state index in [0.717, 1.165) is 3.57 Å². The minimum absolute atomic E-state index is 0.0593. The molecule has 3 N–H and O–H groups in total. The van der Waals surface area contributed by atoms with Gasteiger partial charge in [0.05, 0.1) is 11.3 Å². The van der Waals surface area contributed by atoms with Crippen molar-refractivity contribution in [2.45, 2.75) is 0 Å². The third-order valence-electron chi connectivity index (χ3n) is 2.41. The van der Waals surface area contributed by atoms with E-state index in [0.29, 0.717) is 10.2 Å². The number of rotatable bonds is 2. The molecule has 2 aromatic carbocycles. The van der Waals surface area contributed by atoms with Gasteiger partial charge in [-0.2, -0.15) is 0 Å². The average Bonchev–Trinajstić information content (AvgIpc) is 2.33. The van der Waals surface area contributed by atoms with E-state index in [9.17, 15) is 9.18 Å². The fraction of sp³-hybridized carbons (Fsp3) is 0. The summed E-state index contributed by atoms with van der Waals surface area (Å²) in [4.78, 5) is 12.1. The zero-order valence-corrected chi connectivity index (χ0v) is 13.3. The van der Waals surface area contributed by atoms with E-state index in [1.165, 1.54) is 12.1 Å². The standard InChI is InChI=1S/C13H9BrFIN2O/c14-10-6-11(15)12(17)5-9(10)13(19)18-8-3-1-2-7(16)4-8/h1-6H,17H2,(H,18,19). The van der Waals surface area contributed by atoms with Crippen LogP contribution in [0.2, 0.25) is 0 Å². The number of hydrogen-bond acceptors (Lipinski definition) is 2. The maximum absolute atomic E-state index is 13.2. The fourth-order valence-corrected chi connectivity index (χ4v) is 2.54. The number of carbonyl (C=O) groups is 1. The van der Waals surface area contributed by atoms with Crippen LogP contribution in [0.15, 0.2) is 40.9 Å². The summed E-state index contributed by atoms with van der Waals surface area (Å²) >= 11 is 5.30. The maximum atomic E-state index is 13.2. The van der Waals surface area contributed by atoms with E-state index in [4.69, 9.17) is 5.73 Å². The number of halogens is 3. The van der Waals surface area contributed by atoms with Crippen molar-refractivity contribution in [2.24, 2.45) is 0 Å². The molecular weight excluding hydrogens is 426 g/mol. The molecule has 1 amide bonds. The molecule has 0 aromatic heterocycles. The molecule has 0 heterocycles. The molecule has 0 aliphatic heterocycles. The van der Waals surface area contributed by atoms with Crippen LogP contribution in [0.4, 0.5) is 15.8 Å². The first kappa shape index (κ1) is 14.3. The van der Waals surface area contributed by atoms with E-state index in [-0.39, 0.29) is 17.2 Å². The zero-order valence-electron chi connectivity index (χ0n) is 9.58. The predicted octanol–water partition coefficient (Wildman–Crippen LogP) is 4.03. The van der Waals surface area contributed by atoms with E-state index < -0.39 is 5.82 Å². The second-order valence-electron chi connectivity index (χ2n) is 3.82. The van der Waals surface area contributed by atoms with Gasteiger partial charge in [0.2, 0.25) is 0 Å². The molecule has 98 valence electrons. The minimum Gasteiger partial charge on any atom is -0.396 e. The van der Waals surface area contributed by atoms with Gasteiger partial charge >= 0.3 is 0 Å². The van der Waals surface area contributed by atoms with Crippen molar-refractivity contribution in [3.63, 3.8) is 0 Å². The molecule has 6 heteroatoms. The Morgan fingerprint density at radius 2 is 2.05 bits per heavy atom. The Bertz CT molecular complexity index is 649. The topological polar surface area (TPSA) is 55.1 Å². The van der Waals surface area contributed by atoms with Gasteiger partial charge in [-0.3, -0.25) is 4.79 Å². The van der Waals surface area contributed by atoms with Crippen molar-refractivity contribution < 1.29 is 9.18 Å². The van der Waals surface area contributed by atoms with E-state index in [1.54, 1.807) is 6.07 Å². The molecule has 0 fully saturated rings. The number of anilines is 2. The number of nitrogen functional groups attached to an aromatic ring is 1. The van der Waals surface area contributed by atoms with Gasteiger partial charge in [0.25, 0.3) is 5.91 Å². The van der Waals surface area contributed by atoms with Crippen LogP contribution < -0.4 is 11.1 Å². The highest BCUT2D eigenvalue weighted by Crippen LogP contribution is 2.24. The molecule has 0 saturated carbocycles. The monoisotopic (exact) mass is 434 g/mol. The smallest absolute Gasteiger partial charge is 0.256 e. The third-order valence-corrected chi connectivity index (χ3v) is 3.74. The van der Waals surface area contributed by atoms with Gasteiger partial charge in [-0.1, -0.05) is 6.07 Å². The highest BCUT2D eigenvalue weighted by atomic mass is 127. The Kier molecular flexibility index (Phi) is 4.41. The SMILES string of the molecule is Nc1cc(C(=O)Nc2cccc(I)c2)c(Br)cc1F. The van der Waals surface area contributed by atoms with Crippen LogP contribution in [0.3, 0.4) is 0 Å². The molecule has 0 radical (unpaired) electrons. The molecule has 0 saturated heterocycles. The molecule has 0 unspecified atom stereocenters. The van der Waals surface area contributed by atoms with Crippen LogP contribution in [0.5, 0.6) is 0 Å². The molecule has 0 spiro atoms. The summed E-state index contributed by atoms with van der Waals surface area (Å²) in [5, 5.41) is 2.73. The lowest BCUT2D eigenvalue weighted by Gasteiger charge is -2.08. The number of hydrogen-bond donors (Lipinski definition) is 2. The van der Waals surface area contributed by atoms with Crippen LogP contribution in [0, 0.1) is 9.39 Å². The summed E-state index contributed by atoms with van der Waals surface area (Å²) in [5.74, 6) is -0.904. The summed E-state index contributed by atoms with van der Waals surface area (Å²) in [6.07, 6.45) is 0. The number of nitrogens with two attached hydrogens (primary N) is 1. The van der Waals surface area contributed by atoms with Gasteiger partial charge in [0.15, 0.2) is 0 Å². The van der Waals surface area contributed by atoms with Crippen molar-refractivity contribution in [3.8, 4) is 0 Å². The number of benzene rings is 2. The van der Waals surface area contributed by atoms with E-state index >= 15 is 0 Å². The molecule has 0 aliphatic rings. The Balaban J connectivity index is 2.28. The summed E-state index contributed by atoms with van der Waals surface area (Å²) in [7, 11) is 0. The molecular formula is C13H9BrFIN2O. The zero-order chi connectivity index (χ0) is 14.0. The van der Waals surface area contributed by atoms with E-state index in [2.05, 4.69) is 43.8 Å². The Hall–Kier alpha value is -1.15. The first-order valence-electron chi connectivity index (χ1n) is 5.29.